The number of carbonyl (C=O) groups excluding carboxylic acids is 2. The van der Waals surface area contributed by atoms with Crippen molar-refractivity contribution in [2.75, 3.05) is 11.4 Å². The topological polar surface area (TPSA) is 49.4 Å². The van der Waals surface area contributed by atoms with Crippen LogP contribution < -0.4 is 10.2 Å². The minimum atomic E-state index is -0.176. The van der Waals surface area contributed by atoms with Crippen LogP contribution in [0.1, 0.15) is 31.2 Å². The Balaban J connectivity index is 1.61. The minimum Gasteiger partial charge on any atom is -0.352 e. The van der Waals surface area contributed by atoms with Crippen LogP contribution in [-0.4, -0.2) is 24.4 Å². The van der Waals surface area contributed by atoms with E-state index in [2.05, 4.69) is 5.32 Å². The number of hydrogen-bond donors (Lipinski definition) is 1. The predicted octanol–water partition coefficient (Wildman–Crippen LogP) is 4.88. The maximum atomic E-state index is 13.2. The molecule has 0 radical (unpaired) electrons. The van der Waals surface area contributed by atoms with Crippen LogP contribution in [0.5, 0.6) is 0 Å². The summed E-state index contributed by atoms with van der Waals surface area (Å²) in [4.78, 5) is 28.9. The second kappa shape index (κ2) is 8.41. The molecule has 6 heteroatoms. The molecule has 0 unspecified atom stereocenters. The van der Waals surface area contributed by atoms with Gasteiger partial charge in [0, 0.05) is 16.0 Å². The summed E-state index contributed by atoms with van der Waals surface area (Å²) in [6, 6.07) is 15.3. The van der Waals surface area contributed by atoms with Gasteiger partial charge >= 0.3 is 0 Å². The molecule has 0 atom stereocenters. The molecule has 1 fully saturated rings. The predicted molar refractivity (Wildman–Crippen MR) is 114 cm³/mol. The maximum absolute atomic E-state index is 13.2. The Morgan fingerprint density at radius 3 is 2.64 bits per heavy atom. The molecule has 28 heavy (non-hydrogen) atoms. The summed E-state index contributed by atoms with van der Waals surface area (Å²) < 4.78 is 0. The van der Waals surface area contributed by atoms with Crippen molar-refractivity contribution in [1.29, 1.82) is 0 Å². The monoisotopic (exact) mass is 412 g/mol. The van der Waals surface area contributed by atoms with Crippen LogP contribution in [0.25, 0.3) is 6.08 Å². The quantitative estimate of drug-likeness (QED) is 0.728. The lowest BCUT2D eigenvalue weighted by molar-refractivity contribution is -0.122. The molecule has 144 valence electrons. The lowest BCUT2D eigenvalue weighted by Crippen LogP contribution is -2.45. The van der Waals surface area contributed by atoms with Crippen LogP contribution >= 0.6 is 23.4 Å². The molecule has 4 nitrogen and oxygen atoms in total. The molecule has 1 heterocycles. The number of rotatable bonds is 4. The Labute approximate surface area is 173 Å². The molecule has 1 N–H and O–H groups in total. The fraction of sp³-hybridized carbons (Fsp3) is 0.273. The first-order valence-electron chi connectivity index (χ1n) is 9.46. The number of halogens is 1. The molecule has 4 rings (SSSR count). The van der Waals surface area contributed by atoms with Gasteiger partial charge < -0.3 is 5.32 Å². The van der Waals surface area contributed by atoms with Crippen molar-refractivity contribution in [3.63, 3.8) is 0 Å². The third-order valence-electron chi connectivity index (χ3n) is 5.05. The number of hydrogen-bond acceptors (Lipinski definition) is 3. The molecule has 0 saturated heterocycles. The molecule has 2 aromatic carbocycles. The van der Waals surface area contributed by atoms with Crippen molar-refractivity contribution in [2.24, 2.45) is 0 Å². The zero-order chi connectivity index (χ0) is 19.5. The zero-order valence-electron chi connectivity index (χ0n) is 15.4. The molecule has 1 saturated carbocycles. The Bertz CT molecular complexity index is 938. The van der Waals surface area contributed by atoms with E-state index < -0.39 is 0 Å². The Morgan fingerprint density at radius 2 is 1.86 bits per heavy atom. The molecule has 0 spiro atoms. The SMILES string of the molecule is O=C(CN1C(=O)C(=Cc2ccccc2Cl)Sc2ccccc21)NC1CCCC1. The van der Waals surface area contributed by atoms with Crippen LogP contribution in [-0.2, 0) is 9.59 Å². The van der Waals surface area contributed by atoms with Crippen molar-refractivity contribution in [3.8, 4) is 0 Å². The number of anilines is 1. The van der Waals surface area contributed by atoms with Gasteiger partial charge in [0.05, 0.1) is 10.6 Å². The Kier molecular flexibility index (Phi) is 5.74. The molecule has 1 aliphatic carbocycles. The number of amides is 2. The molecule has 1 aliphatic heterocycles. The van der Waals surface area contributed by atoms with E-state index in [1.165, 1.54) is 11.8 Å². The highest BCUT2D eigenvalue weighted by molar-refractivity contribution is 8.04. The van der Waals surface area contributed by atoms with Crippen molar-refractivity contribution in [3.05, 3.63) is 64.0 Å². The van der Waals surface area contributed by atoms with E-state index in [-0.39, 0.29) is 24.4 Å². The van der Waals surface area contributed by atoms with Crippen molar-refractivity contribution in [1.82, 2.24) is 5.32 Å². The van der Waals surface area contributed by atoms with Gasteiger partial charge in [-0.2, -0.15) is 0 Å². The van der Waals surface area contributed by atoms with Gasteiger partial charge in [-0.05, 0) is 42.7 Å². The zero-order valence-corrected chi connectivity index (χ0v) is 16.9. The van der Waals surface area contributed by atoms with E-state index in [1.807, 2.05) is 42.5 Å². The van der Waals surface area contributed by atoms with Crippen LogP contribution in [0, 0.1) is 0 Å². The third kappa shape index (κ3) is 4.10. The van der Waals surface area contributed by atoms with Gasteiger partial charge in [0.1, 0.15) is 6.54 Å². The standard InChI is InChI=1S/C22H21ClN2O2S/c23-17-10-4-1-7-15(17)13-20-22(27)25(18-11-5-6-12-19(18)28-20)14-21(26)24-16-8-2-3-9-16/h1,4-7,10-13,16H,2-3,8-9,14H2,(H,24,26). The fourth-order valence-corrected chi connectivity index (χ4v) is 4.88. The summed E-state index contributed by atoms with van der Waals surface area (Å²) in [5, 5.41) is 3.66. The van der Waals surface area contributed by atoms with Gasteiger partial charge in [-0.3, -0.25) is 14.5 Å². The van der Waals surface area contributed by atoms with E-state index in [0.29, 0.717) is 9.93 Å². The van der Waals surface area contributed by atoms with Gasteiger partial charge in [0.15, 0.2) is 0 Å². The fourth-order valence-electron chi connectivity index (χ4n) is 3.64. The van der Waals surface area contributed by atoms with E-state index in [0.717, 1.165) is 41.8 Å². The van der Waals surface area contributed by atoms with Crippen LogP contribution in [0.4, 0.5) is 5.69 Å². The number of carbonyl (C=O) groups is 2. The summed E-state index contributed by atoms with van der Waals surface area (Å²) in [7, 11) is 0. The second-order valence-electron chi connectivity index (χ2n) is 7.04. The number of fused-ring (bicyclic) bond motifs is 1. The Morgan fingerprint density at radius 1 is 1.14 bits per heavy atom. The number of nitrogens with one attached hydrogen (secondary N) is 1. The second-order valence-corrected chi connectivity index (χ2v) is 8.53. The highest BCUT2D eigenvalue weighted by Crippen LogP contribution is 2.42. The summed E-state index contributed by atoms with van der Waals surface area (Å²) in [6.45, 7) is 0.0206. The van der Waals surface area contributed by atoms with Crippen molar-refractivity contribution < 1.29 is 9.59 Å². The Hall–Kier alpha value is -2.24. The van der Waals surface area contributed by atoms with E-state index in [4.69, 9.17) is 11.6 Å². The molecule has 2 aliphatic rings. The first-order valence-corrected chi connectivity index (χ1v) is 10.7. The van der Waals surface area contributed by atoms with E-state index >= 15 is 0 Å². The molecule has 2 amide bonds. The first kappa shape index (κ1) is 19.1. The highest BCUT2D eigenvalue weighted by atomic mass is 35.5. The summed E-state index contributed by atoms with van der Waals surface area (Å²) >= 11 is 7.68. The van der Waals surface area contributed by atoms with Gasteiger partial charge in [-0.15, -0.1) is 0 Å². The van der Waals surface area contributed by atoms with Crippen LogP contribution in [0.15, 0.2) is 58.3 Å². The molecular weight excluding hydrogens is 392 g/mol. The number of nitrogens with zero attached hydrogens (tertiary/aromatic N) is 1. The molecule has 0 aromatic heterocycles. The molecule has 2 aromatic rings. The summed E-state index contributed by atoms with van der Waals surface area (Å²) in [6.07, 6.45) is 6.14. The average Bonchev–Trinajstić information content (AvgIpc) is 3.19. The van der Waals surface area contributed by atoms with Gasteiger partial charge in [0.2, 0.25) is 5.91 Å². The van der Waals surface area contributed by atoms with Crippen LogP contribution in [0.2, 0.25) is 5.02 Å². The van der Waals surface area contributed by atoms with Gasteiger partial charge in [-0.25, -0.2) is 0 Å². The normalized spacial score (nSPS) is 18.4. The molecular formula is C22H21ClN2O2S. The van der Waals surface area contributed by atoms with E-state index in [9.17, 15) is 9.59 Å². The van der Waals surface area contributed by atoms with Crippen molar-refractivity contribution in [2.45, 2.75) is 36.6 Å². The molecule has 0 bridgehead atoms. The maximum Gasteiger partial charge on any atom is 0.265 e. The van der Waals surface area contributed by atoms with Crippen LogP contribution in [0.3, 0.4) is 0 Å². The third-order valence-corrected chi connectivity index (χ3v) is 6.47. The van der Waals surface area contributed by atoms with Gasteiger partial charge in [-0.1, -0.05) is 66.5 Å². The first-order chi connectivity index (χ1) is 13.6. The number of thioether (sulfide) groups is 1. The average molecular weight is 413 g/mol. The van der Waals surface area contributed by atoms with Crippen molar-refractivity contribution >= 4 is 46.9 Å². The highest BCUT2D eigenvalue weighted by Gasteiger charge is 2.31. The lowest BCUT2D eigenvalue weighted by Gasteiger charge is -2.30. The lowest BCUT2D eigenvalue weighted by atomic mass is 10.2. The minimum absolute atomic E-state index is 0.0206. The van der Waals surface area contributed by atoms with Gasteiger partial charge in [0.25, 0.3) is 5.91 Å². The summed E-state index contributed by atoms with van der Waals surface area (Å²) in [5.74, 6) is -0.288. The summed E-state index contributed by atoms with van der Waals surface area (Å²) in [5.41, 5.74) is 1.56. The van der Waals surface area contributed by atoms with E-state index in [1.54, 1.807) is 17.0 Å². The number of benzene rings is 2. The number of para-hydroxylation sites is 1. The largest absolute Gasteiger partial charge is 0.352 e. The smallest absolute Gasteiger partial charge is 0.265 e.